The number of benzene rings is 2. The van der Waals surface area contributed by atoms with Crippen LogP contribution in [0.4, 0.5) is 19.2 Å². The van der Waals surface area contributed by atoms with Gasteiger partial charge < -0.3 is 48.5 Å². The van der Waals surface area contributed by atoms with Crippen molar-refractivity contribution in [3.05, 3.63) is 72.1 Å². The summed E-state index contributed by atoms with van der Waals surface area (Å²) in [7, 11) is 5.27. The summed E-state index contributed by atoms with van der Waals surface area (Å²) >= 11 is 2.23. The van der Waals surface area contributed by atoms with E-state index in [0.717, 1.165) is 27.4 Å². The van der Waals surface area contributed by atoms with Gasteiger partial charge in [-0.25, -0.2) is 19.2 Å². The van der Waals surface area contributed by atoms with Crippen LogP contribution in [0, 0.1) is 0 Å². The van der Waals surface area contributed by atoms with Crippen molar-refractivity contribution in [1.29, 1.82) is 0 Å². The minimum absolute atomic E-state index is 0.126. The van der Waals surface area contributed by atoms with Crippen LogP contribution in [0.2, 0.25) is 0 Å². The number of rotatable bonds is 15. The lowest BCUT2D eigenvalue weighted by atomic mass is 9.95. The standard InChI is InChI=1S/C22H30N2O7.C13H13NO4.C9H18INO3/c1-22(2,3)31-20(26)23-11-13-30-12-10-16(19(25)28-4)17-14-24(21(27)29-5)18-9-7-6-8-15(17)18;1-17-12(15)7-9-8-14(13(16)18-2)11-6-4-3-5-10(9)11;1-9(2,3)14-8(12)11-5-7-13-6-4-10/h6-9,14,16H,10-13H2,1-5H3,(H,23,26);3-6,8H,7H2,1-2H3;4-7H2,1-3H3,(H,11,12). The maximum absolute atomic E-state index is 12.5. The number of para-hydroxylation sites is 2. The Morgan fingerprint density at radius 3 is 1.57 bits per heavy atom. The lowest BCUT2D eigenvalue weighted by Crippen LogP contribution is -2.34. The van der Waals surface area contributed by atoms with Crippen molar-refractivity contribution in [3.8, 4) is 0 Å². The average molecular weight is 997 g/mol. The van der Waals surface area contributed by atoms with Gasteiger partial charge in [-0.3, -0.25) is 18.7 Å². The molecule has 2 N–H and O–H groups in total. The molecule has 4 aromatic rings. The highest BCUT2D eigenvalue weighted by atomic mass is 127. The topological polar surface area (TPSA) is 210 Å². The number of aromatic nitrogens is 2. The van der Waals surface area contributed by atoms with Gasteiger partial charge in [0.15, 0.2) is 0 Å². The van der Waals surface area contributed by atoms with Crippen LogP contribution >= 0.6 is 22.6 Å². The zero-order valence-corrected chi connectivity index (χ0v) is 39.9. The maximum Gasteiger partial charge on any atom is 0.418 e. The van der Waals surface area contributed by atoms with E-state index in [9.17, 15) is 28.8 Å². The molecule has 2 aromatic heterocycles. The lowest BCUT2D eigenvalue weighted by Gasteiger charge is -2.19. The number of hydrogen-bond acceptors (Lipinski definition) is 14. The van der Waals surface area contributed by atoms with Crippen molar-refractivity contribution < 1.29 is 66.7 Å². The van der Waals surface area contributed by atoms with Gasteiger partial charge in [0.25, 0.3) is 0 Å². The molecule has 0 aliphatic heterocycles. The smallest absolute Gasteiger partial charge is 0.418 e. The number of esters is 2. The highest BCUT2D eigenvalue weighted by Crippen LogP contribution is 2.31. The van der Waals surface area contributed by atoms with E-state index in [1.807, 2.05) is 51.1 Å². The Kier molecular flexibility index (Phi) is 23.0. The van der Waals surface area contributed by atoms with Crippen LogP contribution in [0.5, 0.6) is 0 Å². The molecule has 63 heavy (non-hydrogen) atoms. The molecule has 0 bridgehead atoms. The zero-order chi connectivity index (χ0) is 47.2. The Morgan fingerprint density at radius 1 is 0.619 bits per heavy atom. The number of amides is 2. The molecule has 1 unspecified atom stereocenters. The summed E-state index contributed by atoms with van der Waals surface area (Å²) < 4.78 is 43.8. The maximum atomic E-state index is 12.5. The van der Waals surface area contributed by atoms with Crippen LogP contribution in [0.1, 0.15) is 65.0 Å². The SMILES string of the molecule is CC(C)(C)OC(=O)NCCOCCI.COC(=O)C(CCOCCNC(=O)OC(C)(C)C)c1cn(C(=O)OC)c2ccccc12.COC(=O)Cc1cn(C(=O)OC)c2ccccc12. The molecule has 2 aromatic carbocycles. The van der Waals surface area contributed by atoms with E-state index in [-0.39, 0.29) is 32.1 Å². The number of nitrogens with one attached hydrogen (secondary N) is 2. The van der Waals surface area contributed by atoms with Crippen LogP contribution in [-0.2, 0) is 53.9 Å². The number of alkyl halides is 1. The molecule has 348 valence electrons. The van der Waals surface area contributed by atoms with Gasteiger partial charge in [0.05, 0.1) is 71.6 Å². The van der Waals surface area contributed by atoms with Gasteiger partial charge in [0.1, 0.15) is 11.2 Å². The highest BCUT2D eigenvalue weighted by molar-refractivity contribution is 14.1. The second kappa shape index (κ2) is 26.9. The predicted octanol–water partition coefficient (Wildman–Crippen LogP) is 7.38. The second-order valence-corrected chi connectivity index (χ2v) is 16.4. The number of fused-ring (bicyclic) bond motifs is 2. The molecule has 2 heterocycles. The van der Waals surface area contributed by atoms with E-state index in [2.05, 4.69) is 38.0 Å². The number of carbonyl (C=O) groups excluding carboxylic acids is 6. The molecule has 0 spiro atoms. The van der Waals surface area contributed by atoms with Crippen molar-refractivity contribution in [2.75, 3.05) is 72.4 Å². The summed E-state index contributed by atoms with van der Waals surface area (Å²) in [6, 6.07) is 14.6. The van der Waals surface area contributed by atoms with Crippen LogP contribution < -0.4 is 10.6 Å². The van der Waals surface area contributed by atoms with E-state index in [1.54, 1.807) is 51.4 Å². The molecule has 1 atom stereocenters. The highest BCUT2D eigenvalue weighted by Gasteiger charge is 2.27. The van der Waals surface area contributed by atoms with Crippen LogP contribution in [-0.4, -0.2) is 129 Å². The van der Waals surface area contributed by atoms with E-state index in [4.69, 9.17) is 33.2 Å². The van der Waals surface area contributed by atoms with E-state index in [0.29, 0.717) is 36.2 Å². The van der Waals surface area contributed by atoms with Gasteiger partial charge in [0.2, 0.25) is 0 Å². The monoisotopic (exact) mass is 996 g/mol. The predicted molar refractivity (Wildman–Crippen MR) is 244 cm³/mol. The Bertz CT molecular complexity index is 2100. The van der Waals surface area contributed by atoms with Gasteiger partial charge >= 0.3 is 36.3 Å². The molecule has 19 heteroatoms. The minimum atomic E-state index is -0.625. The first-order chi connectivity index (χ1) is 29.8. The van der Waals surface area contributed by atoms with Gasteiger partial charge in [0, 0.05) is 47.3 Å². The number of halogens is 1. The lowest BCUT2D eigenvalue weighted by molar-refractivity contribution is -0.143. The van der Waals surface area contributed by atoms with Gasteiger partial charge in [-0.15, -0.1) is 0 Å². The van der Waals surface area contributed by atoms with E-state index in [1.165, 1.54) is 37.6 Å². The first kappa shape index (κ1) is 53.7. The van der Waals surface area contributed by atoms with Crippen LogP contribution in [0.15, 0.2) is 60.9 Å². The Labute approximate surface area is 381 Å². The van der Waals surface area contributed by atoms with Gasteiger partial charge in [-0.2, -0.15) is 0 Å². The molecule has 4 rings (SSSR count). The van der Waals surface area contributed by atoms with E-state index >= 15 is 0 Å². The number of carbonyl (C=O) groups is 6. The summed E-state index contributed by atoms with van der Waals surface area (Å²) in [5.74, 6) is -1.40. The summed E-state index contributed by atoms with van der Waals surface area (Å²) in [4.78, 5) is 70.3. The number of nitrogens with zero attached hydrogens (tertiary/aromatic N) is 2. The number of alkyl carbamates (subject to hydrolysis) is 2. The average Bonchev–Trinajstić information content (AvgIpc) is 3.80. The Hall–Kier alpha value is -5.41. The largest absolute Gasteiger partial charge is 0.469 e. The van der Waals surface area contributed by atoms with Gasteiger partial charge in [-0.1, -0.05) is 59.0 Å². The molecular formula is C44H61IN4O14. The molecule has 2 amide bonds. The fourth-order valence-corrected chi connectivity index (χ4v) is 5.99. The molecular weight excluding hydrogens is 935 g/mol. The van der Waals surface area contributed by atoms with Crippen LogP contribution in [0.25, 0.3) is 21.8 Å². The van der Waals surface area contributed by atoms with Crippen LogP contribution in [0.3, 0.4) is 0 Å². The van der Waals surface area contributed by atoms with Crippen molar-refractivity contribution in [3.63, 3.8) is 0 Å². The third-order valence-corrected chi connectivity index (χ3v) is 8.75. The third kappa shape index (κ3) is 18.8. The summed E-state index contributed by atoms with van der Waals surface area (Å²) in [5, 5.41) is 6.82. The number of ether oxygens (including phenoxy) is 8. The minimum Gasteiger partial charge on any atom is -0.469 e. The van der Waals surface area contributed by atoms with Crippen molar-refractivity contribution in [1.82, 2.24) is 19.8 Å². The Balaban J connectivity index is 0.000000360. The van der Waals surface area contributed by atoms with E-state index < -0.39 is 47.5 Å². The summed E-state index contributed by atoms with van der Waals surface area (Å²) in [6.45, 7) is 13.4. The quantitative estimate of drug-likeness (QED) is 0.0392. The van der Waals surface area contributed by atoms with Crippen molar-refractivity contribution in [2.45, 2.75) is 71.5 Å². The molecule has 0 fully saturated rings. The van der Waals surface area contributed by atoms with Gasteiger partial charge in [-0.05, 0) is 71.2 Å². The van der Waals surface area contributed by atoms with Crippen molar-refractivity contribution in [2.24, 2.45) is 0 Å². The fraction of sp³-hybridized carbons (Fsp3) is 0.500. The molecule has 0 saturated carbocycles. The number of hydrogen-bond donors (Lipinski definition) is 2. The molecule has 0 aliphatic rings. The first-order valence-electron chi connectivity index (χ1n) is 20.0. The third-order valence-electron chi connectivity index (χ3n) is 8.31. The summed E-state index contributed by atoms with van der Waals surface area (Å²) in [5.41, 5.74) is 1.74. The van der Waals surface area contributed by atoms with Crippen molar-refractivity contribution >= 4 is 80.7 Å². The summed E-state index contributed by atoms with van der Waals surface area (Å²) in [6.07, 6.45) is 1.73. The molecule has 0 saturated heterocycles. The Morgan fingerprint density at radius 2 is 1.10 bits per heavy atom. The number of methoxy groups -OCH3 is 4. The second-order valence-electron chi connectivity index (χ2n) is 15.3. The fourth-order valence-electron chi connectivity index (χ4n) is 5.68. The first-order valence-corrected chi connectivity index (χ1v) is 21.5. The molecule has 18 nitrogen and oxygen atoms in total. The normalized spacial score (nSPS) is 11.5. The molecule has 0 radical (unpaired) electrons. The molecule has 0 aliphatic carbocycles. The zero-order valence-electron chi connectivity index (χ0n) is 37.7.